The second-order valence-corrected chi connectivity index (χ2v) is 15.8. The van der Waals surface area contributed by atoms with Crippen molar-refractivity contribution in [2.24, 2.45) is 11.8 Å². The Balaban J connectivity index is 1.30. The van der Waals surface area contributed by atoms with Gasteiger partial charge in [0.1, 0.15) is 42.9 Å². The number of aromatic nitrogens is 4. The number of hydrogen-bond donors (Lipinski definition) is 3. The minimum absolute atomic E-state index is 0.125. The normalized spacial score (nSPS) is 32.7. The Morgan fingerprint density at radius 3 is 2.33 bits per heavy atom. The average molecular weight is 782 g/mol. The predicted molar refractivity (Wildman–Crippen MR) is 170 cm³/mol. The Hall–Kier alpha value is -3.14. The van der Waals surface area contributed by atoms with Crippen molar-refractivity contribution in [3.8, 4) is 0 Å². The summed E-state index contributed by atoms with van der Waals surface area (Å²) in [6.07, 6.45) is -6.70. The zero-order valence-corrected chi connectivity index (χ0v) is 30.9. The Morgan fingerprint density at radius 1 is 0.981 bits per heavy atom. The topological polar surface area (TPSA) is 288 Å². The largest absolute Gasteiger partial charge is 0.483 e. The van der Waals surface area contributed by atoms with E-state index in [0.717, 1.165) is 20.8 Å². The standard InChI is InChI=1S/C28H41N5O17P2/c1-12-13(2)21(44-16(5)36)27(46-20(12)17(43-15(4)35)8-41-14(3)34)49-52(39,40)50-51(37,38)42-9-18-22-23(48-28(6,7)47-22)26(45-18)33-11-32-19-24(29)30-10-31-25(19)33/h10-13,17-18,20-23,26-27H,8-9H2,1-7H3,(H,37,38)(H,39,40)(H2,29,30,31)/t12-,13-,17+,18+,20?,21?,22-,23?,26+,27-/m0/s1. The second-order valence-electron chi connectivity index (χ2n) is 12.8. The fourth-order valence-corrected chi connectivity index (χ4v) is 8.38. The number of imidazole rings is 1. The number of hydrogen-bond acceptors (Lipinski definition) is 19. The number of ether oxygens (including phenoxy) is 7. The molecule has 5 unspecified atom stereocenters. The van der Waals surface area contributed by atoms with Crippen LogP contribution in [-0.4, -0.2) is 109 Å². The number of nitrogen functional groups attached to an aromatic ring is 1. The summed E-state index contributed by atoms with van der Waals surface area (Å²) in [5.74, 6) is -4.53. The molecule has 52 heavy (non-hydrogen) atoms. The molecule has 5 rings (SSSR count). The Kier molecular flexibility index (Phi) is 11.8. The summed E-state index contributed by atoms with van der Waals surface area (Å²) in [6.45, 7) is 8.70. The number of rotatable bonds is 13. The van der Waals surface area contributed by atoms with Gasteiger partial charge in [-0.2, -0.15) is 4.31 Å². The van der Waals surface area contributed by atoms with Gasteiger partial charge in [0.25, 0.3) is 0 Å². The maximum atomic E-state index is 13.2. The molecule has 0 radical (unpaired) electrons. The van der Waals surface area contributed by atoms with Crippen molar-refractivity contribution >= 4 is 50.5 Å². The van der Waals surface area contributed by atoms with Crippen molar-refractivity contribution in [1.82, 2.24) is 19.5 Å². The third kappa shape index (κ3) is 9.14. The first-order valence-corrected chi connectivity index (χ1v) is 18.9. The average Bonchev–Trinajstić information content (AvgIpc) is 3.68. The number of esters is 3. The van der Waals surface area contributed by atoms with E-state index >= 15 is 0 Å². The van der Waals surface area contributed by atoms with Crippen LogP contribution in [0.25, 0.3) is 11.2 Å². The number of anilines is 1. The Labute approximate surface area is 296 Å². The number of nitrogens with zero attached hydrogens (tertiary/aromatic N) is 4. The van der Waals surface area contributed by atoms with Crippen molar-refractivity contribution in [1.29, 1.82) is 0 Å². The van der Waals surface area contributed by atoms with Crippen LogP contribution in [0.4, 0.5) is 5.82 Å². The molecule has 3 fully saturated rings. The number of nitrogens with two attached hydrogens (primary N) is 1. The van der Waals surface area contributed by atoms with Crippen molar-refractivity contribution in [3.63, 3.8) is 0 Å². The van der Waals surface area contributed by atoms with Crippen LogP contribution in [0.5, 0.6) is 0 Å². The van der Waals surface area contributed by atoms with Gasteiger partial charge in [-0.1, -0.05) is 13.8 Å². The van der Waals surface area contributed by atoms with E-state index in [-0.39, 0.29) is 5.82 Å². The summed E-state index contributed by atoms with van der Waals surface area (Å²) in [5, 5.41) is 0. The molecule has 0 aliphatic carbocycles. The highest BCUT2D eigenvalue weighted by Crippen LogP contribution is 2.62. The number of phosphoric ester groups is 2. The molecule has 0 amide bonds. The van der Waals surface area contributed by atoms with Crippen LogP contribution < -0.4 is 5.73 Å². The lowest BCUT2D eigenvalue weighted by Gasteiger charge is -2.45. The molecule has 0 saturated carbocycles. The Morgan fingerprint density at radius 2 is 1.67 bits per heavy atom. The number of fused-ring (bicyclic) bond motifs is 2. The lowest BCUT2D eigenvalue weighted by Crippen LogP contribution is -2.56. The summed E-state index contributed by atoms with van der Waals surface area (Å²) in [6, 6.07) is 0. The van der Waals surface area contributed by atoms with E-state index in [9.17, 15) is 33.3 Å². The summed E-state index contributed by atoms with van der Waals surface area (Å²) >= 11 is 0. The van der Waals surface area contributed by atoms with Gasteiger partial charge in [-0.25, -0.2) is 24.1 Å². The fraction of sp³-hybridized carbons (Fsp3) is 0.714. The highest BCUT2D eigenvalue weighted by Gasteiger charge is 2.57. The summed E-state index contributed by atoms with van der Waals surface area (Å²) in [4.78, 5) is 68.9. The predicted octanol–water partition coefficient (Wildman–Crippen LogP) is 1.50. The molecule has 22 nitrogen and oxygen atoms in total. The Bertz CT molecular complexity index is 1760. The maximum absolute atomic E-state index is 13.2. The van der Waals surface area contributed by atoms with Gasteiger partial charge in [0, 0.05) is 26.7 Å². The molecule has 0 spiro atoms. The van der Waals surface area contributed by atoms with E-state index in [1.165, 1.54) is 17.2 Å². The minimum atomic E-state index is -5.60. The van der Waals surface area contributed by atoms with Crippen LogP contribution in [0.1, 0.15) is 54.7 Å². The monoisotopic (exact) mass is 781 g/mol. The molecule has 2 aromatic heterocycles. The molecule has 4 N–H and O–H groups in total. The van der Waals surface area contributed by atoms with E-state index in [1.807, 2.05) is 0 Å². The highest BCUT2D eigenvalue weighted by molar-refractivity contribution is 7.61. The first-order valence-electron chi connectivity index (χ1n) is 15.9. The van der Waals surface area contributed by atoms with Crippen molar-refractivity contribution in [2.45, 2.75) is 103 Å². The molecule has 0 aromatic carbocycles. The van der Waals surface area contributed by atoms with E-state index < -0.39 is 114 Å². The molecule has 5 heterocycles. The zero-order chi connectivity index (χ0) is 38.3. The quantitative estimate of drug-likeness (QED) is 0.147. The third-order valence-electron chi connectivity index (χ3n) is 8.49. The highest BCUT2D eigenvalue weighted by atomic mass is 31.3. The van der Waals surface area contributed by atoms with E-state index in [0.29, 0.717) is 11.2 Å². The second kappa shape index (κ2) is 15.3. The minimum Gasteiger partial charge on any atom is -0.462 e. The van der Waals surface area contributed by atoms with Crippen LogP contribution in [0.3, 0.4) is 0 Å². The first-order chi connectivity index (χ1) is 24.2. The number of carbonyl (C=O) groups excluding carboxylic acids is 3. The number of carbonyl (C=O) groups is 3. The molecule has 3 aliphatic rings. The molecular formula is C28H41N5O17P2. The zero-order valence-electron chi connectivity index (χ0n) is 29.1. The molecule has 290 valence electrons. The van der Waals surface area contributed by atoms with Crippen LogP contribution in [-0.2, 0) is 70.0 Å². The summed E-state index contributed by atoms with van der Waals surface area (Å²) in [5.41, 5.74) is 6.53. The maximum Gasteiger partial charge on any atom is 0.483 e. The third-order valence-corrected chi connectivity index (χ3v) is 11.1. The number of phosphoric acid groups is 2. The van der Waals surface area contributed by atoms with Gasteiger partial charge < -0.3 is 48.7 Å². The lowest BCUT2D eigenvalue weighted by molar-refractivity contribution is -0.270. The van der Waals surface area contributed by atoms with Gasteiger partial charge in [-0.3, -0.25) is 28.0 Å². The van der Waals surface area contributed by atoms with Gasteiger partial charge in [0.2, 0.25) is 6.29 Å². The molecule has 3 saturated heterocycles. The molecule has 3 aliphatic heterocycles. The van der Waals surface area contributed by atoms with Crippen LogP contribution in [0.15, 0.2) is 12.7 Å². The van der Waals surface area contributed by atoms with Gasteiger partial charge in [0.15, 0.2) is 35.7 Å². The molecule has 12 atom stereocenters. The molecule has 24 heteroatoms. The van der Waals surface area contributed by atoms with Crippen molar-refractivity contribution in [3.05, 3.63) is 12.7 Å². The lowest BCUT2D eigenvalue weighted by atomic mass is 9.81. The van der Waals surface area contributed by atoms with Crippen molar-refractivity contribution in [2.75, 3.05) is 18.9 Å². The smallest absolute Gasteiger partial charge is 0.462 e. The van der Waals surface area contributed by atoms with Gasteiger partial charge in [0.05, 0.1) is 12.9 Å². The fourth-order valence-electron chi connectivity index (χ4n) is 6.22. The first kappa shape index (κ1) is 40.1. The van der Waals surface area contributed by atoms with Crippen molar-refractivity contribution < 1.29 is 79.8 Å². The van der Waals surface area contributed by atoms with E-state index in [2.05, 4.69) is 19.3 Å². The molecule has 2 aromatic rings. The van der Waals surface area contributed by atoms with Crippen LogP contribution in [0.2, 0.25) is 0 Å². The van der Waals surface area contributed by atoms with Gasteiger partial charge in [-0.15, -0.1) is 0 Å². The molecular weight excluding hydrogens is 740 g/mol. The molecule has 0 bridgehead atoms. The van der Waals surface area contributed by atoms with E-state index in [4.69, 9.17) is 47.9 Å². The van der Waals surface area contributed by atoms with Crippen LogP contribution in [0, 0.1) is 11.8 Å². The van der Waals surface area contributed by atoms with Crippen LogP contribution >= 0.6 is 15.6 Å². The summed E-state index contributed by atoms with van der Waals surface area (Å²) in [7, 11) is -11.0. The summed E-state index contributed by atoms with van der Waals surface area (Å²) < 4.78 is 82.3. The van der Waals surface area contributed by atoms with Gasteiger partial charge in [-0.05, 0) is 19.8 Å². The van der Waals surface area contributed by atoms with Gasteiger partial charge >= 0.3 is 33.6 Å². The van der Waals surface area contributed by atoms with E-state index in [1.54, 1.807) is 27.7 Å². The SMILES string of the molecule is CC(=O)OC[C@@H](OC(C)=O)C1O[C@@H](OP(=O)(O)OP(=O)(O)OC[C@H]2O[C@@H](n3cnc4c(N)ncnc43)C3OC(C)(C)O[C@H]32)C(OC(C)=O)[C@@H](C)[C@@H]1C.